The highest BCUT2D eigenvalue weighted by atomic mass is 79.9. The van der Waals surface area contributed by atoms with Gasteiger partial charge in [0.15, 0.2) is 0 Å². The van der Waals surface area contributed by atoms with Crippen molar-refractivity contribution in [3.63, 3.8) is 0 Å². The van der Waals surface area contributed by atoms with Crippen LogP contribution in [0.25, 0.3) is 64.6 Å². The average molecular weight is 655 g/mol. The van der Waals surface area contributed by atoms with Gasteiger partial charge in [-0.05, 0) is 89.3 Å². The van der Waals surface area contributed by atoms with E-state index in [4.69, 9.17) is 0 Å². The predicted octanol–water partition coefficient (Wildman–Crippen LogP) is 11.8. The number of hydrogen-bond donors (Lipinski definition) is 0. The van der Waals surface area contributed by atoms with Crippen molar-refractivity contribution < 1.29 is 0 Å². The molecule has 0 amide bonds. The van der Waals surface area contributed by atoms with E-state index in [0.717, 1.165) is 13.4 Å². The van der Waals surface area contributed by atoms with E-state index in [1.54, 1.807) is 0 Å². The maximum absolute atomic E-state index is 3.67. The molecule has 0 aliphatic rings. The van der Waals surface area contributed by atoms with Crippen LogP contribution in [-0.2, 0) is 0 Å². The molecule has 0 saturated carbocycles. The van der Waals surface area contributed by atoms with Crippen molar-refractivity contribution in [2.75, 3.05) is 0 Å². The molecule has 0 fully saturated rings. The average Bonchev–Trinajstić information content (AvgIpc) is 2.88. The molecular weight excluding hydrogens is 636 g/mol. The van der Waals surface area contributed by atoms with Gasteiger partial charge in [0, 0.05) is 13.4 Å². The third-order valence-corrected chi connectivity index (χ3v) is 9.24. The smallest absolute Gasteiger partial charge is 0.0265 e. The highest BCUT2D eigenvalue weighted by Crippen LogP contribution is 2.42. The molecule has 36 heavy (non-hydrogen) atoms. The van der Waals surface area contributed by atoms with Gasteiger partial charge >= 0.3 is 0 Å². The summed E-state index contributed by atoms with van der Waals surface area (Å²) in [6, 6.07) is 35.1. The van der Waals surface area contributed by atoms with Crippen LogP contribution in [0.2, 0.25) is 0 Å². The van der Waals surface area contributed by atoms with Gasteiger partial charge in [0.05, 0.1) is 0 Å². The van der Waals surface area contributed by atoms with Crippen LogP contribution in [0.15, 0.2) is 110 Å². The summed E-state index contributed by atoms with van der Waals surface area (Å²) in [5.41, 5.74) is 1.33. The molecule has 0 atom stereocenters. The van der Waals surface area contributed by atoms with Gasteiger partial charge in [0.25, 0.3) is 0 Å². The lowest BCUT2D eigenvalue weighted by atomic mass is 9.93. The van der Waals surface area contributed by atoms with Gasteiger partial charge in [-0.3, -0.25) is 0 Å². The van der Waals surface area contributed by atoms with E-state index in [9.17, 15) is 0 Å². The SMILES string of the molecule is Brc1ccc2ccc3c(Br)cc(Br)c4ccc1c2c34.Cc1cc2ccc3cccc4ccc(c1)c2c34. The Bertz CT molecular complexity index is 2000. The van der Waals surface area contributed by atoms with E-state index < -0.39 is 0 Å². The van der Waals surface area contributed by atoms with E-state index in [0.29, 0.717) is 0 Å². The van der Waals surface area contributed by atoms with Gasteiger partial charge in [0.1, 0.15) is 0 Å². The Balaban J connectivity index is 0.000000123. The van der Waals surface area contributed by atoms with Crippen LogP contribution in [0.4, 0.5) is 0 Å². The summed E-state index contributed by atoms with van der Waals surface area (Å²) >= 11 is 11.0. The second kappa shape index (κ2) is 8.41. The molecule has 0 aromatic heterocycles. The Hall–Kier alpha value is -2.72. The van der Waals surface area contributed by atoms with Crippen LogP contribution >= 0.6 is 47.8 Å². The molecular formula is C33H19Br3. The Morgan fingerprint density at radius 3 is 1.47 bits per heavy atom. The second-order valence-corrected chi connectivity index (χ2v) is 12.0. The fourth-order valence-electron chi connectivity index (χ4n) is 5.69. The molecule has 8 rings (SSSR count). The summed E-state index contributed by atoms with van der Waals surface area (Å²) in [7, 11) is 0. The Morgan fingerprint density at radius 2 is 0.833 bits per heavy atom. The highest BCUT2D eigenvalue weighted by Gasteiger charge is 2.13. The van der Waals surface area contributed by atoms with Crippen molar-refractivity contribution in [3.05, 3.63) is 116 Å². The van der Waals surface area contributed by atoms with Crippen molar-refractivity contribution in [1.82, 2.24) is 0 Å². The Morgan fingerprint density at radius 1 is 0.389 bits per heavy atom. The minimum Gasteiger partial charge on any atom is -0.0610 e. The van der Waals surface area contributed by atoms with Gasteiger partial charge in [-0.2, -0.15) is 0 Å². The molecule has 0 N–H and O–H groups in total. The maximum atomic E-state index is 3.67. The van der Waals surface area contributed by atoms with Gasteiger partial charge in [0.2, 0.25) is 0 Å². The maximum Gasteiger partial charge on any atom is 0.0265 e. The number of hydrogen-bond acceptors (Lipinski definition) is 0. The van der Waals surface area contributed by atoms with E-state index in [2.05, 4.69) is 152 Å². The number of halogens is 3. The summed E-state index contributed by atoms with van der Waals surface area (Å²) in [4.78, 5) is 0. The summed E-state index contributed by atoms with van der Waals surface area (Å²) in [5.74, 6) is 0. The first kappa shape index (κ1) is 22.5. The molecule has 0 unspecified atom stereocenters. The van der Waals surface area contributed by atoms with Gasteiger partial charge < -0.3 is 0 Å². The van der Waals surface area contributed by atoms with E-state index in [1.165, 1.54) is 70.2 Å². The Labute approximate surface area is 234 Å². The summed E-state index contributed by atoms with van der Waals surface area (Å²) in [6.07, 6.45) is 0. The standard InChI is InChI=1S/C17H12.C16H7Br3/c1-11-9-14-7-5-12-3-2-4-13-6-8-15(10-11)17(14)16(12)13;17-12-6-2-8-1-3-10-13(18)7-14(19)11-5-4-9(12)15(8)16(10)11/h2-10H,1H3;1-7H. The van der Waals surface area contributed by atoms with Crippen molar-refractivity contribution in [3.8, 4) is 0 Å². The van der Waals surface area contributed by atoms with Crippen LogP contribution in [0, 0.1) is 6.92 Å². The molecule has 0 nitrogen and oxygen atoms in total. The third kappa shape index (κ3) is 3.37. The van der Waals surface area contributed by atoms with Crippen molar-refractivity contribution in [1.29, 1.82) is 0 Å². The third-order valence-electron chi connectivity index (χ3n) is 7.23. The normalized spacial score (nSPS) is 11.9. The topological polar surface area (TPSA) is 0 Å². The highest BCUT2D eigenvalue weighted by molar-refractivity contribution is 9.11. The first-order valence-electron chi connectivity index (χ1n) is 11.8. The zero-order valence-electron chi connectivity index (χ0n) is 19.4. The van der Waals surface area contributed by atoms with Crippen molar-refractivity contribution >= 4 is 112 Å². The first-order valence-corrected chi connectivity index (χ1v) is 14.2. The molecule has 0 aliphatic carbocycles. The number of rotatable bonds is 0. The zero-order valence-corrected chi connectivity index (χ0v) is 24.1. The lowest BCUT2D eigenvalue weighted by molar-refractivity contribution is 1.52. The van der Waals surface area contributed by atoms with E-state index in [-0.39, 0.29) is 0 Å². The van der Waals surface area contributed by atoms with Crippen molar-refractivity contribution in [2.45, 2.75) is 6.92 Å². The molecule has 3 heteroatoms. The predicted molar refractivity (Wildman–Crippen MR) is 168 cm³/mol. The molecule has 0 saturated heterocycles. The van der Waals surface area contributed by atoms with Crippen LogP contribution < -0.4 is 0 Å². The quantitative estimate of drug-likeness (QED) is 0.143. The molecule has 172 valence electrons. The molecule has 8 aromatic rings. The Kier molecular flexibility index (Phi) is 5.25. The molecule has 0 radical (unpaired) electrons. The zero-order chi connectivity index (χ0) is 24.6. The van der Waals surface area contributed by atoms with Gasteiger partial charge in [-0.25, -0.2) is 0 Å². The largest absolute Gasteiger partial charge is 0.0610 e. The van der Waals surface area contributed by atoms with Crippen LogP contribution in [-0.4, -0.2) is 0 Å². The molecule has 0 aliphatic heterocycles. The molecule has 0 spiro atoms. The van der Waals surface area contributed by atoms with Crippen LogP contribution in [0.1, 0.15) is 5.56 Å². The fourth-order valence-corrected chi connectivity index (χ4v) is 7.58. The summed E-state index contributed by atoms with van der Waals surface area (Å²) in [5, 5.41) is 15.9. The van der Waals surface area contributed by atoms with Crippen molar-refractivity contribution in [2.24, 2.45) is 0 Å². The minimum absolute atomic E-state index is 1.13. The summed E-state index contributed by atoms with van der Waals surface area (Å²) in [6.45, 7) is 2.16. The molecule has 8 aromatic carbocycles. The number of aryl methyl sites for hydroxylation is 1. The van der Waals surface area contributed by atoms with Crippen LogP contribution in [0.5, 0.6) is 0 Å². The molecule has 0 bridgehead atoms. The van der Waals surface area contributed by atoms with E-state index >= 15 is 0 Å². The summed E-state index contributed by atoms with van der Waals surface area (Å²) < 4.78 is 3.40. The van der Waals surface area contributed by atoms with Crippen LogP contribution in [0.3, 0.4) is 0 Å². The van der Waals surface area contributed by atoms with Gasteiger partial charge in [-0.1, -0.05) is 133 Å². The van der Waals surface area contributed by atoms with Gasteiger partial charge in [-0.15, -0.1) is 0 Å². The lowest BCUT2D eigenvalue weighted by Crippen LogP contribution is -1.86. The first-order chi connectivity index (χ1) is 17.5. The minimum atomic E-state index is 1.13. The fraction of sp³-hybridized carbons (Fsp3) is 0.0303. The lowest BCUT2D eigenvalue weighted by Gasteiger charge is -2.13. The number of benzene rings is 8. The second-order valence-electron chi connectivity index (χ2n) is 9.43. The van der Waals surface area contributed by atoms with E-state index in [1.807, 2.05) is 0 Å². The molecule has 0 heterocycles. The monoisotopic (exact) mass is 652 g/mol.